The van der Waals surface area contributed by atoms with Gasteiger partial charge in [0.25, 0.3) is 0 Å². The summed E-state index contributed by atoms with van der Waals surface area (Å²) in [5.41, 5.74) is -4.72. The van der Waals surface area contributed by atoms with Gasteiger partial charge in [-0.05, 0) is 11.8 Å². The van der Waals surface area contributed by atoms with Gasteiger partial charge in [-0.15, -0.1) is 11.8 Å². The summed E-state index contributed by atoms with van der Waals surface area (Å²) >= 11 is 1.10. The number of hydrogen-bond acceptors (Lipinski definition) is 4. The third-order valence-corrected chi connectivity index (χ3v) is 4.74. The summed E-state index contributed by atoms with van der Waals surface area (Å²) in [5.74, 6) is -0.355. The van der Waals surface area contributed by atoms with E-state index < -0.39 is 15.6 Å². The molecule has 0 radical (unpaired) electrons. The first-order chi connectivity index (χ1) is 11.3. The molecule has 0 fully saturated rings. The van der Waals surface area contributed by atoms with Crippen molar-refractivity contribution >= 4 is 32.5 Å². The zero-order valence-corrected chi connectivity index (χ0v) is 14.1. The lowest BCUT2D eigenvalue weighted by Crippen LogP contribution is -2.25. The zero-order valence-electron chi connectivity index (χ0n) is 12.4. The van der Waals surface area contributed by atoms with Crippen LogP contribution in [0.4, 0.5) is 13.2 Å². The maximum Gasteiger partial charge on any atom is 0.534 e. The van der Waals surface area contributed by atoms with Gasteiger partial charge in [0, 0.05) is 5.56 Å². The van der Waals surface area contributed by atoms with E-state index in [0.717, 1.165) is 11.8 Å². The van der Waals surface area contributed by atoms with Crippen molar-refractivity contribution in [2.45, 2.75) is 5.51 Å². The van der Waals surface area contributed by atoms with Gasteiger partial charge in [-0.3, -0.25) is 0 Å². The Morgan fingerprint density at radius 1 is 0.917 bits per heavy atom. The van der Waals surface area contributed by atoms with E-state index in [9.17, 15) is 21.6 Å². The Hall–Kier alpha value is -1.93. The van der Waals surface area contributed by atoms with Crippen molar-refractivity contribution in [3.8, 4) is 0 Å². The van der Waals surface area contributed by atoms with Gasteiger partial charge in [-0.1, -0.05) is 60.7 Å². The highest BCUT2D eigenvalue weighted by Gasteiger charge is 2.49. The molecule has 128 valence electrons. The molecular formula is C16H13F3O3S2. The van der Waals surface area contributed by atoms with Crippen molar-refractivity contribution in [3.63, 3.8) is 0 Å². The topological polar surface area (TPSA) is 43.4 Å². The van der Waals surface area contributed by atoms with E-state index in [0.29, 0.717) is 5.56 Å². The molecule has 3 nitrogen and oxygen atoms in total. The molecule has 0 saturated heterocycles. The molecule has 0 spiro atoms. The summed E-state index contributed by atoms with van der Waals surface area (Å²) in [5, 5.41) is 0. The summed E-state index contributed by atoms with van der Waals surface area (Å²) in [6, 6.07) is 16.3. The van der Waals surface area contributed by atoms with Gasteiger partial charge in [0.1, 0.15) is 0 Å². The molecule has 2 aromatic rings. The number of thioether (sulfide) groups is 1. The first-order valence-corrected chi connectivity index (χ1v) is 9.29. The second-order valence-corrected chi connectivity index (χ2v) is 6.93. The molecule has 2 rings (SSSR count). The minimum atomic E-state index is -5.78. The molecule has 2 aromatic carbocycles. The summed E-state index contributed by atoms with van der Waals surface area (Å²) in [7, 11) is -5.78. The summed E-state index contributed by atoms with van der Waals surface area (Å²) in [4.78, 5) is 0.287. The van der Waals surface area contributed by atoms with Crippen molar-refractivity contribution in [2.75, 3.05) is 6.26 Å². The molecule has 0 aliphatic rings. The molecule has 0 aromatic heterocycles. The van der Waals surface area contributed by atoms with Gasteiger partial charge in [-0.2, -0.15) is 21.6 Å². The predicted molar refractivity (Wildman–Crippen MR) is 89.3 cm³/mol. The average Bonchev–Trinajstić information content (AvgIpc) is 2.55. The molecule has 0 amide bonds. The quantitative estimate of drug-likeness (QED) is 0.328. The van der Waals surface area contributed by atoms with E-state index in [1.807, 2.05) is 0 Å². The molecule has 0 atom stereocenters. The molecule has 0 bridgehead atoms. The fourth-order valence-corrected chi connectivity index (χ4v) is 3.16. The van der Waals surface area contributed by atoms with Gasteiger partial charge >= 0.3 is 15.6 Å². The van der Waals surface area contributed by atoms with Gasteiger partial charge in [0.15, 0.2) is 5.76 Å². The maximum absolute atomic E-state index is 12.7. The van der Waals surface area contributed by atoms with Crippen LogP contribution in [-0.4, -0.2) is 20.2 Å². The molecular weight excluding hydrogens is 361 g/mol. The monoisotopic (exact) mass is 374 g/mol. The van der Waals surface area contributed by atoms with Crippen molar-refractivity contribution in [1.29, 1.82) is 0 Å². The standard InChI is InChI=1S/C16H13F3O3S2/c1-23-15(13-10-6-3-7-11-13)14(12-8-4-2-5-9-12)22-24(20,21)16(17,18)19/h2-11H,1H3/b15-14-. The Bertz CT molecular complexity index is 815. The molecule has 0 heterocycles. The molecule has 0 unspecified atom stereocenters. The maximum atomic E-state index is 12.7. The lowest BCUT2D eigenvalue weighted by atomic mass is 10.1. The normalized spacial score (nSPS) is 13.3. The third kappa shape index (κ3) is 4.12. The van der Waals surface area contributed by atoms with E-state index in [1.54, 1.807) is 54.8 Å². The summed E-state index contributed by atoms with van der Waals surface area (Å²) < 4.78 is 65.7. The lowest BCUT2D eigenvalue weighted by Gasteiger charge is -2.16. The first kappa shape index (κ1) is 18.4. The Morgan fingerprint density at radius 3 is 1.79 bits per heavy atom. The van der Waals surface area contributed by atoms with Crippen molar-refractivity contribution in [2.24, 2.45) is 0 Å². The molecule has 0 aliphatic heterocycles. The van der Waals surface area contributed by atoms with Gasteiger partial charge < -0.3 is 4.18 Å². The SMILES string of the molecule is CS/C(=C(\OS(=O)(=O)C(F)(F)F)c1ccccc1)c1ccccc1. The van der Waals surface area contributed by atoms with Crippen LogP contribution >= 0.6 is 11.8 Å². The molecule has 24 heavy (non-hydrogen) atoms. The minimum absolute atomic E-state index is 0.235. The first-order valence-electron chi connectivity index (χ1n) is 6.66. The van der Waals surface area contributed by atoms with Crippen LogP contribution in [0.2, 0.25) is 0 Å². The van der Waals surface area contributed by atoms with E-state index in [-0.39, 0.29) is 16.2 Å². The van der Waals surface area contributed by atoms with Crippen LogP contribution in [0.3, 0.4) is 0 Å². The second-order valence-electron chi connectivity index (χ2n) is 4.58. The highest BCUT2D eigenvalue weighted by Crippen LogP contribution is 2.38. The van der Waals surface area contributed by atoms with Crippen molar-refractivity contribution < 1.29 is 25.8 Å². The van der Waals surface area contributed by atoms with Crippen LogP contribution in [-0.2, 0) is 14.3 Å². The Balaban J connectivity index is 2.66. The number of benzene rings is 2. The van der Waals surface area contributed by atoms with E-state index in [2.05, 4.69) is 4.18 Å². The molecule has 0 saturated carbocycles. The van der Waals surface area contributed by atoms with Crippen molar-refractivity contribution in [1.82, 2.24) is 0 Å². The fourth-order valence-electron chi connectivity index (χ4n) is 1.89. The largest absolute Gasteiger partial charge is 0.534 e. The highest BCUT2D eigenvalue weighted by molar-refractivity contribution is 8.08. The Labute approximate surface area is 142 Å². The van der Waals surface area contributed by atoms with Gasteiger partial charge in [0.05, 0.1) is 4.91 Å². The van der Waals surface area contributed by atoms with Crippen LogP contribution < -0.4 is 0 Å². The van der Waals surface area contributed by atoms with Gasteiger partial charge in [0.2, 0.25) is 0 Å². The summed E-state index contributed by atoms with van der Waals surface area (Å²) in [6.45, 7) is 0. The number of halogens is 3. The molecule has 0 aliphatic carbocycles. The minimum Gasteiger partial charge on any atom is -0.374 e. The lowest BCUT2D eigenvalue weighted by molar-refractivity contribution is -0.0509. The Morgan fingerprint density at radius 2 is 1.38 bits per heavy atom. The smallest absolute Gasteiger partial charge is 0.374 e. The Kier molecular flexibility index (Phi) is 5.61. The fraction of sp³-hybridized carbons (Fsp3) is 0.125. The van der Waals surface area contributed by atoms with Crippen LogP contribution in [0.15, 0.2) is 60.7 Å². The third-order valence-electron chi connectivity index (χ3n) is 2.96. The second kappa shape index (κ2) is 7.31. The van der Waals surface area contributed by atoms with E-state index >= 15 is 0 Å². The predicted octanol–water partition coefficient (Wildman–Crippen LogP) is 4.74. The van der Waals surface area contributed by atoms with E-state index in [1.165, 1.54) is 12.1 Å². The van der Waals surface area contributed by atoms with Crippen LogP contribution in [0, 0.1) is 0 Å². The zero-order chi connectivity index (χ0) is 17.8. The van der Waals surface area contributed by atoms with Crippen molar-refractivity contribution in [3.05, 3.63) is 71.8 Å². The molecule has 8 heteroatoms. The number of alkyl halides is 3. The molecule has 0 N–H and O–H groups in total. The van der Waals surface area contributed by atoms with Crippen LogP contribution in [0.25, 0.3) is 10.7 Å². The number of hydrogen-bond donors (Lipinski definition) is 0. The highest BCUT2D eigenvalue weighted by atomic mass is 32.2. The number of rotatable bonds is 5. The average molecular weight is 374 g/mol. The summed E-state index contributed by atoms with van der Waals surface area (Å²) in [6.07, 6.45) is 1.63. The van der Waals surface area contributed by atoms with Gasteiger partial charge in [-0.25, -0.2) is 0 Å². The van der Waals surface area contributed by atoms with Crippen LogP contribution in [0.1, 0.15) is 11.1 Å². The van der Waals surface area contributed by atoms with Crippen LogP contribution in [0.5, 0.6) is 0 Å². The van der Waals surface area contributed by atoms with E-state index in [4.69, 9.17) is 0 Å².